The van der Waals surface area contributed by atoms with Crippen LogP contribution in [0.2, 0.25) is 0 Å². The van der Waals surface area contributed by atoms with E-state index in [1.54, 1.807) is 6.08 Å². The van der Waals surface area contributed by atoms with Crippen LogP contribution in [-0.4, -0.2) is 11.3 Å². The van der Waals surface area contributed by atoms with Gasteiger partial charge in [0, 0.05) is 32.9 Å². The molecule has 3 rings (SSSR count). The molecule has 112 valence electrons. The molecule has 0 amide bonds. The summed E-state index contributed by atoms with van der Waals surface area (Å²) in [6.45, 7) is 4.30. The van der Waals surface area contributed by atoms with Crippen molar-refractivity contribution in [1.82, 2.24) is 5.32 Å². The highest BCUT2D eigenvalue weighted by Gasteiger charge is 2.28. The molecule has 0 aromatic heterocycles. The summed E-state index contributed by atoms with van der Waals surface area (Å²) in [5.41, 5.74) is 3.89. The quantitative estimate of drug-likeness (QED) is 0.630. The molecule has 0 saturated heterocycles. The molecule has 2 aromatic rings. The summed E-state index contributed by atoms with van der Waals surface area (Å²) < 4.78 is 1.02. The highest BCUT2D eigenvalue weighted by molar-refractivity contribution is 9.10. The van der Waals surface area contributed by atoms with Gasteiger partial charge < -0.3 is 5.32 Å². The average Bonchev–Trinajstić information content (AvgIpc) is 2.48. The number of carbonyl (C=O) groups excluding carboxylic acids is 1. The average molecular weight is 356 g/mol. The lowest BCUT2D eigenvalue weighted by atomic mass is 9.85. The third-order valence-electron chi connectivity index (χ3n) is 3.80. The molecule has 0 fully saturated rings. The Kier molecular flexibility index (Phi) is 3.92. The molecular formula is C19H18BrNO. The van der Waals surface area contributed by atoms with Crippen molar-refractivity contribution in [3.8, 4) is 0 Å². The maximum Gasteiger partial charge on any atom is 0.187 e. The Balaban J connectivity index is 2.05. The normalized spacial score (nSPS) is 17.7. The number of halogens is 1. The third kappa shape index (κ3) is 3.14. The highest BCUT2D eigenvalue weighted by atomic mass is 79.9. The highest BCUT2D eigenvalue weighted by Crippen LogP contribution is 2.31. The lowest BCUT2D eigenvalue weighted by Crippen LogP contribution is -2.43. The zero-order valence-electron chi connectivity index (χ0n) is 12.7. The number of carbonyl (C=O) groups is 1. The van der Waals surface area contributed by atoms with Crippen molar-refractivity contribution in [3.63, 3.8) is 0 Å². The van der Waals surface area contributed by atoms with E-state index in [-0.39, 0.29) is 11.3 Å². The molecule has 1 heterocycles. The van der Waals surface area contributed by atoms with Gasteiger partial charge in [0.25, 0.3) is 0 Å². The fourth-order valence-electron chi connectivity index (χ4n) is 2.84. The number of nitrogens with one attached hydrogen (secondary N) is 1. The predicted octanol–water partition coefficient (Wildman–Crippen LogP) is 4.60. The minimum absolute atomic E-state index is 0.0201. The van der Waals surface area contributed by atoms with Crippen molar-refractivity contribution in [2.45, 2.75) is 25.8 Å². The van der Waals surface area contributed by atoms with Gasteiger partial charge in [-0.1, -0.05) is 52.3 Å². The Morgan fingerprint density at radius 3 is 2.64 bits per heavy atom. The van der Waals surface area contributed by atoms with E-state index < -0.39 is 0 Å². The van der Waals surface area contributed by atoms with Crippen LogP contribution in [0.1, 0.15) is 35.3 Å². The monoisotopic (exact) mass is 355 g/mol. The molecule has 0 saturated carbocycles. The van der Waals surface area contributed by atoms with Crippen LogP contribution in [0.25, 0.3) is 5.70 Å². The van der Waals surface area contributed by atoms with Gasteiger partial charge in [0.15, 0.2) is 5.78 Å². The summed E-state index contributed by atoms with van der Waals surface area (Å²) in [7, 11) is 0. The molecular weight excluding hydrogens is 338 g/mol. The summed E-state index contributed by atoms with van der Waals surface area (Å²) in [6.07, 6.45) is 2.65. The standard InChI is InChI=1S/C19H18BrNO/c1-19(2)12-14-8-9-15(20)10-16(14)17(21-19)11-18(22)13-6-4-3-5-7-13/h3-11,21H,12H2,1-2H3/b17-11-. The molecule has 3 heteroatoms. The molecule has 2 nitrogen and oxygen atoms in total. The van der Waals surface area contributed by atoms with E-state index in [1.165, 1.54) is 5.56 Å². The third-order valence-corrected chi connectivity index (χ3v) is 4.29. The first-order valence-electron chi connectivity index (χ1n) is 7.33. The number of fused-ring (bicyclic) bond motifs is 1. The molecule has 1 N–H and O–H groups in total. The van der Waals surface area contributed by atoms with E-state index in [2.05, 4.69) is 53.3 Å². The predicted molar refractivity (Wildman–Crippen MR) is 93.8 cm³/mol. The molecule has 0 bridgehead atoms. The molecule has 22 heavy (non-hydrogen) atoms. The number of hydrogen-bond donors (Lipinski definition) is 1. The Bertz CT molecular complexity index is 747. The Morgan fingerprint density at radius 2 is 1.91 bits per heavy atom. The Hall–Kier alpha value is -1.87. The van der Waals surface area contributed by atoms with Crippen molar-refractivity contribution in [3.05, 3.63) is 75.8 Å². The summed E-state index contributed by atoms with van der Waals surface area (Å²) >= 11 is 3.52. The zero-order chi connectivity index (χ0) is 15.7. The van der Waals surface area contributed by atoms with Crippen LogP contribution in [-0.2, 0) is 6.42 Å². The maximum absolute atomic E-state index is 12.5. The van der Waals surface area contributed by atoms with Crippen LogP contribution < -0.4 is 5.32 Å². The Labute approximate surface area is 139 Å². The molecule has 1 aliphatic heterocycles. The minimum Gasteiger partial charge on any atom is -0.379 e. The largest absolute Gasteiger partial charge is 0.379 e. The Morgan fingerprint density at radius 1 is 1.18 bits per heavy atom. The van der Waals surface area contributed by atoms with Crippen molar-refractivity contribution >= 4 is 27.4 Å². The van der Waals surface area contributed by atoms with Crippen molar-refractivity contribution in [2.75, 3.05) is 0 Å². The number of rotatable bonds is 2. The summed E-state index contributed by atoms with van der Waals surface area (Å²) in [4.78, 5) is 12.5. The first-order chi connectivity index (χ1) is 10.4. The maximum atomic E-state index is 12.5. The first kappa shape index (κ1) is 15.0. The fraction of sp³-hybridized carbons (Fsp3) is 0.211. The number of benzene rings is 2. The van der Waals surface area contributed by atoms with E-state index in [9.17, 15) is 4.79 Å². The molecule has 2 aromatic carbocycles. The van der Waals surface area contributed by atoms with Gasteiger partial charge in [-0.05, 0) is 38.0 Å². The molecule has 0 aliphatic carbocycles. The van der Waals surface area contributed by atoms with E-state index >= 15 is 0 Å². The number of ketones is 1. The summed E-state index contributed by atoms with van der Waals surface area (Å²) in [5.74, 6) is 0.0201. The van der Waals surface area contributed by atoms with Crippen LogP contribution in [0.5, 0.6) is 0 Å². The van der Waals surface area contributed by atoms with Crippen LogP contribution in [0.15, 0.2) is 59.1 Å². The number of hydrogen-bond acceptors (Lipinski definition) is 2. The van der Waals surface area contributed by atoms with Crippen molar-refractivity contribution < 1.29 is 4.79 Å². The van der Waals surface area contributed by atoms with Gasteiger partial charge in [0.1, 0.15) is 0 Å². The minimum atomic E-state index is -0.0658. The van der Waals surface area contributed by atoms with Gasteiger partial charge in [-0.2, -0.15) is 0 Å². The molecule has 1 aliphatic rings. The van der Waals surface area contributed by atoms with Gasteiger partial charge >= 0.3 is 0 Å². The van der Waals surface area contributed by atoms with Crippen LogP contribution >= 0.6 is 15.9 Å². The van der Waals surface area contributed by atoms with Crippen LogP contribution in [0.3, 0.4) is 0 Å². The van der Waals surface area contributed by atoms with Crippen molar-refractivity contribution in [2.24, 2.45) is 0 Å². The van der Waals surface area contributed by atoms with E-state index in [4.69, 9.17) is 0 Å². The summed E-state index contributed by atoms with van der Waals surface area (Å²) in [5, 5.41) is 3.50. The first-order valence-corrected chi connectivity index (χ1v) is 8.12. The van der Waals surface area contributed by atoms with Crippen LogP contribution in [0.4, 0.5) is 0 Å². The van der Waals surface area contributed by atoms with Gasteiger partial charge in [-0.25, -0.2) is 0 Å². The molecule has 0 spiro atoms. The lowest BCUT2D eigenvalue weighted by Gasteiger charge is -2.35. The second-order valence-corrected chi connectivity index (χ2v) is 7.19. The smallest absolute Gasteiger partial charge is 0.187 e. The second kappa shape index (κ2) is 5.73. The topological polar surface area (TPSA) is 29.1 Å². The summed E-state index contributed by atoms with van der Waals surface area (Å²) in [6, 6.07) is 15.6. The zero-order valence-corrected chi connectivity index (χ0v) is 14.3. The van der Waals surface area contributed by atoms with Gasteiger partial charge in [-0.15, -0.1) is 0 Å². The van der Waals surface area contributed by atoms with Crippen LogP contribution in [0, 0.1) is 0 Å². The van der Waals surface area contributed by atoms with Gasteiger partial charge in [0.2, 0.25) is 0 Å². The van der Waals surface area contributed by atoms with E-state index in [0.717, 1.165) is 22.2 Å². The van der Waals surface area contributed by atoms with Gasteiger partial charge in [0.05, 0.1) is 0 Å². The lowest BCUT2D eigenvalue weighted by molar-refractivity contribution is 0.104. The molecule has 0 radical (unpaired) electrons. The molecule has 0 unspecified atom stereocenters. The molecule has 0 atom stereocenters. The van der Waals surface area contributed by atoms with E-state index in [0.29, 0.717) is 5.56 Å². The number of allylic oxidation sites excluding steroid dienone is 1. The second-order valence-electron chi connectivity index (χ2n) is 6.28. The van der Waals surface area contributed by atoms with Crippen molar-refractivity contribution in [1.29, 1.82) is 0 Å². The SMILES string of the molecule is CC1(C)Cc2ccc(Br)cc2/C(=C/C(=O)c2ccccc2)N1. The van der Waals surface area contributed by atoms with Gasteiger partial charge in [-0.3, -0.25) is 4.79 Å². The fourth-order valence-corrected chi connectivity index (χ4v) is 3.20. The van der Waals surface area contributed by atoms with E-state index in [1.807, 2.05) is 30.3 Å².